The standard InChI is InChI=1S/C37H26BrNO/c1-37(21-9-12-25(23-37)24-10-3-2-4-11-24)30-18-20-33(36-35(30)28-14-6-8-16-34(28)40-36)39-31-15-7-5-13-27(31)29-22-26(38)17-19-32(29)39/h2-20,22-23H,21H2,1H3. The molecule has 40 heavy (non-hydrogen) atoms. The first-order valence-corrected chi connectivity index (χ1v) is 14.5. The van der Waals surface area contributed by atoms with Crippen molar-refractivity contribution in [3.63, 3.8) is 0 Å². The molecule has 1 aliphatic rings. The number of nitrogens with zero attached hydrogens (tertiary/aromatic N) is 1. The van der Waals surface area contributed by atoms with Crippen molar-refractivity contribution in [2.45, 2.75) is 18.8 Å². The molecule has 5 aromatic carbocycles. The molecule has 8 rings (SSSR count). The van der Waals surface area contributed by atoms with Crippen molar-refractivity contribution in [2.24, 2.45) is 0 Å². The Morgan fingerprint density at radius 3 is 2.38 bits per heavy atom. The summed E-state index contributed by atoms with van der Waals surface area (Å²) in [5.74, 6) is 0. The highest BCUT2D eigenvalue weighted by molar-refractivity contribution is 9.10. The SMILES string of the molecule is CC1(c2ccc(-n3c4ccccc4c4cc(Br)ccc43)c3oc4ccccc4c23)C=C(c2ccccc2)C=CC1. The summed E-state index contributed by atoms with van der Waals surface area (Å²) >= 11 is 3.69. The van der Waals surface area contributed by atoms with E-state index in [0.29, 0.717) is 0 Å². The number of fused-ring (bicyclic) bond motifs is 6. The second kappa shape index (κ2) is 8.84. The van der Waals surface area contributed by atoms with Gasteiger partial charge in [0.15, 0.2) is 5.58 Å². The lowest BCUT2D eigenvalue weighted by atomic mass is 9.73. The molecular formula is C37H26BrNO. The summed E-state index contributed by atoms with van der Waals surface area (Å²) in [7, 11) is 0. The first kappa shape index (κ1) is 23.5. The second-order valence-electron chi connectivity index (χ2n) is 10.9. The van der Waals surface area contributed by atoms with Crippen LogP contribution in [0.2, 0.25) is 0 Å². The maximum atomic E-state index is 6.75. The normalized spacial score (nSPS) is 17.3. The molecule has 0 fully saturated rings. The first-order chi connectivity index (χ1) is 19.6. The van der Waals surface area contributed by atoms with E-state index in [9.17, 15) is 0 Å². The van der Waals surface area contributed by atoms with Crippen molar-refractivity contribution in [2.75, 3.05) is 0 Å². The Morgan fingerprint density at radius 2 is 1.50 bits per heavy atom. The van der Waals surface area contributed by atoms with E-state index in [1.807, 2.05) is 0 Å². The van der Waals surface area contributed by atoms with Gasteiger partial charge >= 0.3 is 0 Å². The van der Waals surface area contributed by atoms with Gasteiger partial charge in [-0.25, -0.2) is 0 Å². The summed E-state index contributed by atoms with van der Waals surface area (Å²) in [5.41, 5.74) is 8.84. The molecule has 1 aliphatic carbocycles. The topological polar surface area (TPSA) is 18.1 Å². The number of aromatic nitrogens is 1. The van der Waals surface area contributed by atoms with Gasteiger partial charge in [0, 0.05) is 31.4 Å². The van der Waals surface area contributed by atoms with Gasteiger partial charge in [-0.2, -0.15) is 0 Å². The minimum absolute atomic E-state index is 0.185. The zero-order valence-corrected chi connectivity index (χ0v) is 23.7. The van der Waals surface area contributed by atoms with Crippen LogP contribution in [0.3, 0.4) is 0 Å². The number of hydrogen-bond donors (Lipinski definition) is 0. The minimum Gasteiger partial charge on any atom is -0.454 e. The summed E-state index contributed by atoms with van der Waals surface area (Å²) < 4.78 is 10.2. The highest BCUT2D eigenvalue weighted by Gasteiger charge is 2.31. The number of para-hydroxylation sites is 2. The van der Waals surface area contributed by atoms with Crippen LogP contribution in [-0.2, 0) is 5.41 Å². The van der Waals surface area contributed by atoms with Crippen molar-refractivity contribution in [3.8, 4) is 5.69 Å². The minimum atomic E-state index is -0.185. The maximum absolute atomic E-state index is 6.75. The van der Waals surface area contributed by atoms with Crippen molar-refractivity contribution < 1.29 is 4.42 Å². The predicted molar refractivity (Wildman–Crippen MR) is 171 cm³/mol. The largest absolute Gasteiger partial charge is 0.454 e. The van der Waals surface area contributed by atoms with Crippen LogP contribution in [0.15, 0.2) is 136 Å². The van der Waals surface area contributed by atoms with Crippen molar-refractivity contribution in [3.05, 3.63) is 143 Å². The Labute approximate surface area is 241 Å². The third-order valence-electron chi connectivity index (χ3n) is 8.42. The molecule has 0 saturated heterocycles. The van der Waals surface area contributed by atoms with Gasteiger partial charge in [0.25, 0.3) is 0 Å². The monoisotopic (exact) mass is 579 g/mol. The Hall–Kier alpha value is -4.34. The number of allylic oxidation sites excluding steroid dienone is 4. The van der Waals surface area contributed by atoms with Gasteiger partial charge < -0.3 is 8.98 Å². The summed E-state index contributed by atoms with van der Waals surface area (Å²) in [6, 6.07) is 38.9. The Kier molecular flexibility index (Phi) is 5.20. The molecule has 0 radical (unpaired) electrons. The predicted octanol–water partition coefficient (Wildman–Crippen LogP) is 10.7. The summed E-state index contributed by atoms with van der Waals surface area (Å²) in [6.07, 6.45) is 7.94. The quantitative estimate of drug-likeness (QED) is 0.203. The molecule has 0 saturated carbocycles. The molecule has 2 heterocycles. The average Bonchev–Trinajstić information content (AvgIpc) is 3.53. The van der Waals surface area contributed by atoms with E-state index < -0.39 is 0 Å². The summed E-state index contributed by atoms with van der Waals surface area (Å²) in [5, 5.41) is 4.80. The van der Waals surface area contributed by atoms with Crippen LogP contribution in [-0.4, -0.2) is 4.57 Å². The van der Waals surface area contributed by atoms with Crippen LogP contribution >= 0.6 is 15.9 Å². The first-order valence-electron chi connectivity index (χ1n) is 13.7. The molecule has 192 valence electrons. The molecule has 0 amide bonds. The van der Waals surface area contributed by atoms with E-state index >= 15 is 0 Å². The zero-order chi connectivity index (χ0) is 26.8. The third-order valence-corrected chi connectivity index (χ3v) is 8.91. The lowest BCUT2D eigenvalue weighted by Gasteiger charge is -2.30. The summed E-state index contributed by atoms with van der Waals surface area (Å²) in [4.78, 5) is 0. The molecule has 1 atom stereocenters. The Morgan fingerprint density at radius 1 is 0.750 bits per heavy atom. The zero-order valence-electron chi connectivity index (χ0n) is 22.1. The van der Waals surface area contributed by atoms with E-state index in [-0.39, 0.29) is 5.41 Å². The van der Waals surface area contributed by atoms with E-state index in [2.05, 4.69) is 155 Å². The molecule has 3 heteroatoms. The lowest BCUT2D eigenvalue weighted by molar-refractivity contribution is 0.606. The van der Waals surface area contributed by atoms with Crippen LogP contribution in [0.5, 0.6) is 0 Å². The molecule has 0 bridgehead atoms. The molecule has 7 aromatic rings. The van der Waals surface area contributed by atoms with Crippen molar-refractivity contribution in [1.82, 2.24) is 4.57 Å². The number of benzene rings is 5. The van der Waals surface area contributed by atoms with E-state index in [4.69, 9.17) is 4.42 Å². The van der Waals surface area contributed by atoms with Crippen LogP contribution in [0, 0.1) is 0 Å². The fourth-order valence-electron chi connectivity index (χ4n) is 6.55. The van der Waals surface area contributed by atoms with Gasteiger partial charge in [0.05, 0.1) is 16.7 Å². The van der Waals surface area contributed by atoms with Crippen molar-refractivity contribution in [1.29, 1.82) is 0 Å². The molecule has 2 aromatic heterocycles. The van der Waals surface area contributed by atoms with E-state index in [1.54, 1.807) is 0 Å². The van der Waals surface area contributed by atoms with Gasteiger partial charge in [-0.3, -0.25) is 0 Å². The van der Waals surface area contributed by atoms with Crippen molar-refractivity contribution >= 4 is 65.2 Å². The highest BCUT2D eigenvalue weighted by atomic mass is 79.9. The molecule has 0 aliphatic heterocycles. The van der Waals surface area contributed by atoms with Gasteiger partial charge in [0.2, 0.25) is 0 Å². The number of halogens is 1. The highest BCUT2D eigenvalue weighted by Crippen LogP contribution is 2.46. The van der Waals surface area contributed by atoms with Gasteiger partial charge in [0.1, 0.15) is 5.58 Å². The number of furan rings is 1. The van der Waals surface area contributed by atoms with Crippen LogP contribution in [0.25, 0.3) is 55.0 Å². The van der Waals surface area contributed by atoms with E-state index in [1.165, 1.54) is 38.4 Å². The molecule has 1 unspecified atom stereocenters. The van der Waals surface area contributed by atoms with Gasteiger partial charge in [-0.15, -0.1) is 0 Å². The third kappa shape index (κ3) is 3.47. The fourth-order valence-corrected chi connectivity index (χ4v) is 6.91. The van der Waals surface area contributed by atoms with Crippen LogP contribution in [0.4, 0.5) is 0 Å². The molecule has 0 N–H and O–H groups in total. The number of hydrogen-bond acceptors (Lipinski definition) is 1. The number of rotatable bonds is 3. The lowest BCUT2D eigenvalue weighted by Crippen LogP contribution is -2.21. The smallest absolute Gasteiger partial charge is 0.159 e. The second-order valence-corrected chi connectivity index (χ2v) is 11.9. The van der Waals surface area contributed by atoms with Gasteiger partial charge in [-0.05, 0) is 59.5 Å². The molecular weight excluding hydrogens is 554 g/mol. The average molecular weight is 581 g/mol. The van der Waals surface area contributed by atoms with Gasteiger partial charge in [-0.1, -0.05) is 114 Å². The fraction of sp³-hybridized carbons (Fsp3) is 0.0811. The Balaban J connectivity index is 1.44. The summed E-state index contributed by atoms with van der Waals surface area (Å²) in [6.45, 7) is 2.35. The van der Waals surface area contributed by atoms with Crippen LogP contribution < -0.4 is 0 Å². The Bertz CT molecular complexity index is 2160. The van der Waals surface area contributed by atoms with E-state index in [0.717, 1.165) is 38.6 Å². The molecule has 0 spiro atoms. The van der Waals surface area contributed by atoms with Crippen LogP contribution in [0.1, 0.15) is 24.5 Å². The molecule has 2 nitrogen and oxygen atoms in total. The maximum Gasteiger partial charge on any atom is 0.159 e.